The van der Waals surface area contributed by atoms with E-state index >= 15 is 0 Å². The number of fused-ring (bicyclic) bond motifs is 1. The van der Waals surface area contributed by atoms with Crippen molar-refractivity contribution in [2.24, 2.45) is 0 Å². The number of nitrogens with zero attached hydrogens (tertiary/aromatic N) is 2. The maximum absolute atomic E-state index is 12.4. The first-order chi connectivity index (χ1) is 11.6. The van der Waals surface area contributed by atoms with Gasteiger partial charge in [0.2, 0.25) is 5.91 Å². The Labute approximate surface area is 147 Å². The van der Waals surface area contributed by atoms with Crippen molar-refractivity contribution in [3.05, 3.63) is 16.0 Å². The third-order valence-corrected chi connectivity index (χ3v) is 5.86. The molecule has 0 radical (unpaired) electrons. The van der Waals surface area contributed by atoms with Crippen LogP contribution < -0.4 is 5.32 Å². The zero-order chi connectivity index (χ0) is 17.1. The first-order valence-corrected chi connectivity index (χ1v) is 9.60. The molecular weight excluding hydrogens is 322 g/mol. The minimum Gasteiger partial charge on any atom is -0.373 e. The van der Waals surface area contributed by atoms with E-state index in [1.165, 1.54) is 23.3 Å². The van der Waals surface area contributed by atoms with E-state index in [0.29, 0.717) is 12.1 Å². The summed E-state index contributed by atoms with van der Waals surface area (Å²) in [5, 5.41) is 13.3. The molecule has 1 fully saturated rings. The number of nitrogens with one attached hydrogen (secondary N) is 1. The highest BCUT2D eigenvalue weighted by atomic mass is 32.1. The lowest BCUT2D eigenvalue weighted by atomic mass is 10.1. The van der Waals surface area contributed by atoms with Crippen molar-refractivity contribution in [2.75, 3.05) is 25.0 Å². The van der Waals surface area contributed by atoms with Gasteiger partial charge in [-0.3, -0.25) is 9.69 Å². The van der Waals surface area contributed by atoms with Crippen LogP contribution in [0, 0.1) is 11.3 Å². The van der Waals surface area contributed by atoms with Crippen molar-refractivity contribution in [1.82, 2.24) is 4.90 Å². The van der Waals surface area contributed by atoms with Crippen molar-refractivity contribution < 1.29 is 9.53 Å². The van der Waals surface area contributed by atoms with Crippen molar-refractivity contribution in [3.63, 3.8) is 0 Å². The summed E-state index contributed by atoms with van der Waals surface area (Å²) in [6.45, 7) is 5.95. The summed E-state index contributed by atoms with van der Waals surface area (Å²) in [5.41, 5.74) is 1.86. The van der Waals surface area contributed by atoms with E-state index in [-0.39, 0.29) is 18.1 Å². The van der Waals surface area contributed by atoms with Gasteiger partial charge in [-0.15, -0.1) is 11.3 Å². The zero-order valence-electron chi connectivity index (χ0n) is 14.4. The molecule has 1 aliphatic heterocycles. The molecule has 0 saturated carbocycles. The highest BCUT2D eigenvalue weighted by Gasteiger charge is 2.25. The Hall–Kier alpha value is -1.42. The van der Waals surface area contributed by atoms with E-state index in [1.54, 1.807) is 11.3 Å². The molecule has 1 saturated heterocycles. The van der Waals surface area contributed by atoms with Crippen LogP contribution in [-0.4, -0.2) is 42.6 Å². The van der Waals surface area contributed by atoms with Crippen molar-refractivity contribution in [3.8, 4) is 6.07 Å². The van der Waals surface area contributed by atoms with E-state index in [2.05, 4.69) is 16.3 Å². The fourth-order valence-corrected chi connectivity index (χ4v) is 4.99. The van der Waals surface area contributed by atoms with E-state index in [4.69, 9.17) is 4.74 Å². The molecule has 5 nitrogen and oxygen atoms in total. The molecule has 1 aromatic heterocycles. The van der Waals surface area contributed by atoms with Gasteiger partial charge in [-0.1, -0.05) is 6.42 Å². The second-order valence-corrected chi connectivity index (χ2v) is 7.99. The SMILES string of the molecule is C[C@@H]1CN(CC(=O)Nc2sc3c(c2C#N)CCCCC3)C[C@@H](C)O1. The molecule has 0 bridgehead atoms. The van der Waals surface area contributed by atoms with E-state index in [1.807, 2.05) is 13.8 Å². The number of carbonyl (C=O) groups is 1. The van der Waals surface area contributed by atoms with Crippen molar-refractivity contribution in [2.45, 2.75) is 58.2 Å². The van der Waals surface area contributed by atoms with E-state index in [9.17, 15) is 10.1 Å². The summed E-state index contributed by atoms with van der Waals surface area (Å²) in [4.78, 5) is 15.9. The van der Waals surface area contributed by atoms with Crippen LogP contribution in [0.25, 0.3) is 0 Å². The van der Waals surface area contributed by atoms with Gasteiger partial charge in [0, 0.05) is 18.0 Å². The van der Waals surface area contributed by atoms with Crippen LogP contribution in [0.15, 0.2) is 0 Å². The molecule has 130 valence electrons. The Kier molecular flexibility index (Phi) is 5.54. The van der Waals surface area contributed by atoms with Gasteiger partial charge in [-0.05, 0) is 45.1 Å². The summed E-state index contributed by atoms with van der Waals surface area (Å²) >= 11 is 1.59. The Bertz CT molecular complexity index is 639. The lowest BCUT2D eigenvalue weighted by Gasteiger charge is -2.34. The number of ether oxygens (including phenoxy) is 1. The van der Waals surface area contributed by atoms with Gasteiger partial charge in [0.05, 0.1) is 24.3 Å². The number of morpholine rings is 1. The molecule has 1 aliphatic carbocycles. The molecule has 1 amide bonds. The average Bonchev–Trinajstić information content (AvgIpc) is 2.66. The summed E-state index contributed by atoms with van der Waals surface area (Å²) in [6, 6.07) is 2.32. The Morgan fingerprint density at radius 3 is 2.71 bits per heavy atom. The number of anilines is 1. The van der Waals surface area contributed by atoms with Crippen molar-refractivity contribution in [1.29, 1.82) is 5.26 Å². The predicted octanol–water partition coefficient (Wildman–Crippen LogP) is 2.94. The number of hydrogen-bond donors (Lipinski definition) is 1. The largest absolute Gasteiger partial charge is 0.373 e. The molecule has 0 spiro atoms. The third kappa shape index (κ3) is 3.97. The van der Waals surface area contributed by atoms with E-state index in [0.717, 1.165) is 37.4 Å². The van der Waals surface area contributed by atoms with Gasteiger partial charge < -0.3 is 10.1 Å². The molecular formula is C18H25N3O2S. The van der Waals surface area contributed by atoms with Gasteiger partial charge in [0.25, 0.3) is 0 Å². The molecule has 1 N–H and O–H groups in total. The van der Waals surface area contributed by atoms with Gasteiger partial charge >= 0.3 is 0 Å². The number of rotatable bonds is 3. The first kappa shape index (κ1) is 17.4. The van der Waals surface area contributed by atoms with Crippen LogP contribution in [0.1, 0.15) is 49.1 Å². The Balaban J connectivity index is 1.67. The molecule has 3 rings (SSSR count). The summed E-state index contributed by atoms with van der Waals surface area (Å²) in [5.74, 6) is -0.0378. The standard InChI is InChI=1S/C18H25N3O2S/c1-12-9-21(10-13(2)23-12)11-17(22)20-18-15(8-19)14-6-4-3-5-7-16(14)24-18/h12-13H,3-7,9-11H2,1-2H3,(H,20,22)/t12-,13-/m1/s1. The normalized spacial score (nSPS) is 24.7. The van der Waals surface area contributed by atoms with Crippen LogP contribution in [0.3, 0.4) is 0 Å². The van der Waals surface area contributed by atoms with Crippen LogP contribution in [-0.2, 0) is 22.4 Å². The third-order valence-electron chi connectivity index (χ3n) is 4.65. The molecule has 2 atom stereocenters. The predicted molar refractivity (Wildman–Crippen MR) is 95.4 cm³/mol. The quantitative estimate of drug-likeness (QED) is 0.854. The summed E-state index contributed by atoms with van der Waals surface area (Å²) in [7, 11) is 0. The molecule has 6 heteroatoms. The fraction of sp³-hybridized carbons (Fsp3) is 0.667. The van der Waals surface area contributed by atoms with Gasteiger partial charge in [-0.2, -0.15) is 5.26 Å². The molecule has 0 aromatic carbocycles. The van der Waals surface area contributed by atoms with E-state index < -0.39 is 0 Å². The maximum Gasteiger partial charge on any atom is 0.239 e. The average molecular weight is 347 g/mol. The summed E-state index contributed by atoms with van der Waals surface area (Å²) in [6.07, 6.45) is 5.82. The highest BCUT2D eigenvalue weighted by molar-refractivity contribution is 7.16. The maximum atomic E-state index is 12.4. The highest BCUT2D eigenvalue weighted by Crippen LogP contribution is 2.36. The van der Waals surface area contributed by atoms with Crippen LogP contribution >= 0.6 is 11.3 Å². The van der Waals surface area contributed by atoms with Crippen LogP contribution in [0.5, 0.6) is 0 Å². The number of aryl methyl sites for hydroxylation is 1. The fourth-order valence-electron chi connectivity index (χ4n) is 3.73. The minimum absolute atomic E-state index is 0.0378. The van der Waals surface area contributed by atoms with Crippen LogP contribution in [0.4, 0.5) is 5.00 Å². The smallest absolute Gasteiger partial charge is 0.239 e. The van der Waals surface area contributed by atoms with Crippen LogP contribution in [0.2, 0.25) is 0 Å². The monoisotopic (exact) mass is 347 g/mol. The number of thiophene rings is 1. The van der Waals surface area contributed by atoms with Crippen molar-refractivity contribution >= 4 is 22.2 Å². The zero-order valence-corrected chi connectivity index (χ0v) is 15.2. The van der Waals surface area contributed by atoms with Gasteiger partial charge in [0.1, 0.15) is 11.1 Å². The topological polar surface area (TPSA) is 65.4 Å². The second kappa shape index (κ2) is 7.64. The first-order valence-electron chi connectivity index (χ1n) is 8.79. The molecule has 0 unspecified atom stereocenters. The van der Waals surface area contributed by atoms with Gasteiger partial charge in [-0.25, -0.2) is 0 Å². The number of nitriles is 1. The van der Waals surface area contributed by atoms with Gasteiger partial charge in [0.15, 0.2) is 0 Å². The second-order valence-electron chi connectivity index (χ2n) is 6.88. The summed E-state index contributed by atoms with van der Waals surface area (Å²) < 4.78 is 5.71. The lowest BCUT2D eigenvalue weighted by molar-refractivity contribution is -0.121. The molecule has 2 heterocycles. The number of amides is 1. The molecule has 1 aromatic rings. The Morgan fingerprint density at radius 1 is 1.29 bits per heavy atom. The number of carbonyl (C=O) groups excluding carboxylic acids is 1. The minimum atomic E-state index is -0.0378. The number of hydrogen-bond acceptors (Lipinski definition) is 5. The molecule has 2 aliphatic rings. The lowest BCUT2D eigenvalue weighted by Crippen LogP contribution is -2.48. The molecule has 24 heavy (non-hydrogen) atoms. The Morgan fingerprint density at radius 2 is 2.00 bits per heavy atom.